The Balaban J connectivity index is 0.000000568. The Morgan fingerprint density at radius 1 is 0.818 bits per heavy atom. The predicted octanol–water partition coefficient (Wildman–Crippen LogP) is 7.29. The van der Waals surface area contributed by atoms with Gasteiger partial charge in [0.15, 0.2) is 0 Å². The van der Waals surface area contributed by atoms with Gasteiger partial charge in [0.1, 0.15) is 11.4 Å². The van der Waals surface area contributed by atoms with Gasteiger partial charge in [-0.05, 0) is 26.0 Å². The smallest absolute Gasteiger partial charge is 0.120 e. The number of hydrogen-bond donors (Lipinski definition) is 1. The standard InChI is InChI=1S/C25H28NO.C5H5.Fe/c1-4-23(19-14-16-22(17-15-19)27-25(2,3)18-26)24(21-12-8-9-13-21)20-10-6-5-7-11-20;1-2-4-5-3-1;/h5-17H,4,18,26H2,1-3H3;1-5H;/q-1;-5;. The van der Waals surface area contributed by atoms with Crippen LogP contribution >= 0.6 is 0 Å². The largest absolute Gasteiger partial charge is 0.748 e. The fraction of sp³-hybridized carbons (Fsp3) is 0.200. The van der Waals surface area contributed by atoms with E-state index < -0.39 is 0 Å². The zero-order chi connectivity index (χ0) is 22.8. The molecule has 33 heavy (non-hydrogen) atoms. The quantitative estimate of drug-likeness (QED) is 0.172. The van der Waals surface area contributed by atoms with Crippen molar-refractivity contribution in [2.75, 3.05) is 6.54 Å². The molecule has 0 fully saturated rings. The summed E-state index contributed by atoms with van der Waals surface area (Å²) in [6.07, 6.45) is 0.948. The fourth-order valence-electron chi connectivity index (χ4n) is 3.59. The van der Waals surface area contributed by atoms with Gasteiger partial charge in [0.25, 0.3) is 0 Å². The van der Waals surface area contributed by atoms with Crippen LogP contribution in [0.15, 0.2) is 109 Å². The first-order valence-electron chi connectivity index (χ1n) is 11.2. The minimum Gasteiger partial charge on any atom is -0.748 e. The van der Waals surface area contributed by atoms with Crippen molar-refractivity contribution >= 4 is 11.1 Å². The summed E-state index contributed by atoms with van der Waals surface area (Å²) in [6.45, 7) is 6.69. The maximum Gasteiger partial charge on any atom is 0.120 e. The summed E-state index contributed by atoms with van der Waals surface area (Å²) in [5, 5.41) is 0. The van der Waals surface area contributed by atoms with Gasteiger partial charge in [0.2, 0.25) is 0 Å². The molecule has 0 saturated carbocycles. The van der Waals surface area contributed by atoms with E-state index in [1.165, 1.54) is 27.8 Å². The van der Waals surface area contributed by atoms with E-state index in [1.54, 1.807) is 0 Å². The summed E-state index contributed by atoms with van der Waals surface area (Å²) in [5.74, 6) is 0.847. The topological polar surface area (TPSA) is 35.2 Å². The number of rotatable bonds is 7. The van der Waals surface area contributed by atoms with Crippen LogP contribution in [0.2, 0.25) is 0 Å². The van der Waals surface area contributed by atoms with Gasteiger partial charge in [-0.3, -0.25) is 0 Å². The third-order valence-corrected chi connectivity index (χ3v) is 5.31. The Bertz CT molecular complexity index is 1040. The third-order valence-electron chi connectivity index (χ3n) is 5.31. The Morgan fingerprint density at radius 2 is 1.36 bits per heavy atom. The van der Waals surface area contributed by atoms with Crippen LogP contribution in [0.4, 0.5) is 0 Å². The molecule has 178 valence electrons. The number of nitrogens with two attached hydrogens (primary N) is 1. The van der Waals surface area contributed by atoms with Crippen LogP contribution in [0.3, 0.4) is 0 Å². The molecule has 4 rings (SSSR count). The second-order valence-corrected chi connectivity index (χ2v) is 8.30. The second-order valence-electron chi connectivity index (χ2n) is 8.30. The van der Waals surface area contributed by atoms with Crippen molar-refractivity contribution in [3.63, 3.8) is 0 Å². The monoisotopic (exact) mass is 479 g/mol. The van der Waals surface area contributed by atoms with E-state index in [-0.39, 0.29) is 22.7 Å². The number of ether oxygens (including phenoxy) is 1. The fourth-order valence-corrected chi connectivity index (χ4v) is 3.59. The van der Waals surface area contributed by atoms with E-state index >= 15 is 0 Å². The van der Waals surface area contributed by atoms with E-state index in [4.69, 9.17) is 10.5 Å². The van der Waals surface area contributed by atoms with Crippen LogP contribution in [0, 0.1) is 0 Å². The summed E-state index contributed by atoms with van der Waals surface area (Å²) in [4.78, 5) is 0. The molecule has 0 unspecified atom stereocenters. The molecule has 3 heteroatoms. The molecule has 0 aromatic heterocycles. The van der Waals surface area contributed by atoms with Crippen molar-refractivity contribution in [2.45, 2.75) is 32.8 Å². The Morgan fingerprint density at radius 3 is 1.85 bits per heavy atom. The summed E-state index contributed by atoms with van der Waals surface area (Å²) >= 11 is 0. The number of benzene rings is 2. The molecule has 2 N–H and O–H groups in total. The second kappa shape index (κ2) is 13.0. The first-order chi connectivity index (χ1) is 15.5. The van der Waals surface area contributed by atoms with E-state index in [2.05, 4.69) is 73.7 Å². The maximum absolute atomic E-state index is 6.00. The van der Waals surface area contributed by atoms with Crippen LogP contribution < -0.4 is 10.5 Å². The molecule has 2 nitrogen and oxygen atoms in total. The average molecular weight is 479 g/mol. The summed E-state index contributed by atoms with van der Waals surface area (Å²) in [7, 11) is 0. The van der Waals surface area contributed by atoms with Gasteiger partial charge in [-0.25, -0.2) is 0 Å². The van der Waals surface area contributed by atoms with Crippen molar-refractivity contribution in [2.24, 2.45) is 5.73 Å². The molecule has 0 atom stereocenters. The van der Waals surface area contributed by atoms with Crippen LogP contribution in [0.5, 0.6) is 5.75 Å². The first-order valence-corrected chi connectivity index (χ1v) is 11.2. The molecule has 0 aliphatic heterocycles. The summed E-state index contributed by atoms with van der Waals surface area (Å²) in [6, 6.07) is 37.5. The zero-order valence-corrected chi connectivity index (χ0v) is 20.7. The normalized spacial score (nSPS) is 11.5. The van der Waals surface area contributed by atoms with Crippen molar-refractivity contribution in [1.29, 1.82) is 0 Å². The number of allylic oxidation sites excluding steroid dienone is 1. The first kappa shape index (κ1) is 26.4. The Kier molecular flexibility index (Phi) is 10.4. The van der Waals surface area contributed by atoms with Gasteiger partial charge in [-0.1, -0.05) is 78.1 Å². The van der Waals surface area contributed by atoms with Crippen molar-refractivity contribution in [3.8, 4) is 5.75 Å². The van der Waals surface area contributed by atoms with Gasteiger partial charge in [0, 0.05) is 23.6 Å². The summed E-state index contributed by atoms with van der Waals surface area (Å²) < 4.78 is 6.00. The average Bonchev–Trinajstić information content (AvgIpc) is 3.56. The van der Waals surface area contributed by atoms with E-state index in [1.807, 2.05) is 56.3 Å². The Labute approximate surface area is 209 Å². The molecular weight excluding hydrogens is 446 g/mol. The zero-order valence-electron chi connectivity index (χ0n) is 19.6. The van der Waals surface area contributed by atoms with Crippen LogP contribution in [-0.2, 0) is 17.1 Å². The molecule has 0 heterocycles. The molecule has 4 aromatic carbocycles. The molecule has 0 amide bonds. The van der Waals surface area contributed by atoms with E-state index in [0.29, 0.717) is 6.54 Å². The van der Waals surface area contributed by atoms with Gasteiger partial charge >= 0.3 is 0 Å². The molecule has 0 radical (unpaired) electrons. The van der Waals surface area contributed by atoms with Gasteiger partial charge in [0.05, 0.1) is 0 Å². The summed E-state index contributed by atoms with van der Waals surface area (Å²) in [5.41, 5.74) is 11.7. The minimum absolute atomic E-state index is 0. The van der Waals surface area contributed by atoms with Crippen LogP contribution in [0.1, 0.15) is 43.9 Å². The van der Waals surface area contributed by atoms with Crippen molar-refractivity contribution in [3.05, 3.63) is 126 Å². The van der Waals surface area contributed by atoms with Crippen LogP contribution in [0.25, 0.3) is 11.1 Å². The van der Waals surface area contributed by atoms with Gasteiger partial charge < -0.3 is 40.8 Å². The molecule has 4 aromatic rings. The number of hydrogen-bond acceptors (Lipinski definition) is 2. The Hall–Kier alpha value is -2.84. The van der Waals surface area contributed by atoms with E-state index in [9.17, 15) is 0 Å². The van der Waals surface area contributed by atoms with Crippen LogP contribution in [-0.4, -0.2) is 12.1 Å². The van der Waals surface area contributed by atoms with Gasteiger partial charge in [-0.2, -0.15) is 12.1 Å². The maximum atomic E-state index is 6.00. The van der Waals surface area contributed by atoms with E-state index in [0.717, 1.165) is 12.2 Å². The molecular formula is C30H33FeNO-6. The van der Waals surface area contributed by atoms with Crippen molar-refractivity contribution < 1.29 is 21.8 Å². The minimum atomic E-state index is -0.366. The molecule has 0 aliphatic carbocycles. The SMILES string of the molecule is CCC(=C(c1ccccc1)[c-]1cccc1)c1ccc(OC(C)(C)CN)cc1.[Fe].[cH-]1[cH-][cH-][cH-][cH-]1. The third kappa shape index (κ3) is 7.61. The van der Waals surface area contributed by atoms with Gasteiger partial charge in [-0.15, -0.1) is 17.7 Å². The molecule has 0 aliphatic rings. The molecule has 0 bridgehead atoms. The predicted molar refractivity (Wildman–Crippen MR) is 137 cm³/mol. The molecule has 0 saturated heterocycles. The van der Waals surface area contributed by atoms with Crippen molar-refractivity contribution in [1.82, 2.24) is 0 Å². The molecule has 0 spiro atoms.